The Hall–Kier alpha value is -4.05. The molecule has 1 atom stereocenters. The van der Waals surface area contributed by atoms with Crippen LogP contribution in [0.4, 0.5) is 17.3 Å². The van der Waals surface area contributed by atoms with Crippen molar-refractivity contribution < 1.29 is 19.2 Å². The molecule has 1 unspecified atom stereocenters. The first-order valence-electron chi connectivity index (χ1n) is 10.9. The van der Waals surface area contributed by atoms with Crippen molar-refractivity contribution in [3.63, 3.8) is 0 Å². The number of piperidine rings is 1. The smallest absolute Gasteiger partial charge is 0.310 e. The predicted octanol–water partition coefficient (Wildman–Crippen LogP) is 4.18. The molecule has 2 aromatic carbocycles. The zero-order valence-corrected chi connectivity index (χ0v) is 19.3. The second-order valence-electron chi connectivity index (χ2n) is 7.95. The first-order valence-corrected chi connectivity index (χ1v) is 11.3. The van der Waals surface area contributed by atoms with Gasteiger partial charge in [-0.1, -0.05) is 41.9 Å². The van der Waals surface area contributed by atoms with E-state index >= 15 is 0 Å². The molecule has 2 heterocycles. The van der Waals surface area contributed by atoms with E-state index in [1.54, 1.807) is 48.8 Å². The Morgan fingerprint density at radius 3 is 2.40 bits per heavy atom. The number of carbonyl (C=O) groups is 2. The molecular weight excluding hydrogens is 474 g/mol. The summed E-state index contributed by atoms with van der Waals surface area (Å²) in [6.45, 7) is 1.18. The molecule has 10 nitrogen and oxygen atoms in total. The first-order chi connectivity index (χ1) is 16.9. The molecule has 0 aliphatic carbocycles. The van der Waals surface area contributed by atoms with E-state index in [2.05, 4.69) is 15.3 Å². The summed E-state index contributed by atoms with van der Waals surface area (Å²) in [7, 11) is 0. The SMILES string of the molecule is O=C(OC(C(=O)Nc1ccc([N+](=O)[O-])cc1Cl)c1ccccc1)C1CCN(c2ncccn2)CC1. The Morgan fingerprint density at radius 1 is 1.09 bits per heavy atom. The molecule has 11 heteroatoms. The fourth-order valence-corrected chi connectivity index (χ4v) is 4.02. The predicted molar refractivity (Wildman–Crippen MR) is 129 cm³/mol. The van der Waals surface area contributed by atoms with E-state index in [0.29, 0.717) is 37.4 Å². The Morgan fingerprint density at radius 2 is 1.77 bits per heavy atom. The average Bonchev–Trinajstić information content (AvgIpc) is 2.89. The molecule has 1 N–H and O–H groups in total. The van der Waals surface area contributed by atoms with Gasteiger partial charge >= 0.3 is 5.97 Å². The van der Waals surface area contributed by atoms with Crippen LogP contribution in [0.1, 0.15) is 24.5 Å². The number of aromatic nitrogens is 2. The van der Waals surface area contributed by atoms with Crippen LogP contribution in [0.5, 0.6) is 0 Å². The first kappa shape index (κ1) is 24.1. The Labute approximate surface area is 206 Å². The lowest BCUT2D eigenvalue weighted by atomic mass is 9.97. The number of esters is 1. The number of amides is 1. The van der Waals surface area contributed by atoms with Gasteiger partial charge in [-0.15, -0.1) is 0 Å². The Kier molecular flexibility index (Phi) is 7.51. The minimum Gasteiger partial charge on any atom is -0.447 e. The highest BCUT2D eigenvalue weighted by Gasteiger charge is 2.32. The minimum atomic E-state index is -1.22. The zero-order valence-electron chi connectivity index (χ0n) is 18.5. The Balaban J connectivity index is 1.45. The average molecular weight is 496 g/mol. The highest BCUT2D eigenvalue weighted by atomic mass is 35.5. The molecular formula is C24H22ClN5O5. The van der Waals surface area contributed by atoms with Crippen LogP contribution in [0.15, 0.2) is 67.0 Å². The molecule has 180 valence electrons. The number of carbonyl (C=O) groups excluding carboxylic acids is 2. The number of nitrogens with zero attached hydrogens (tertiary/aromatic N) is 4. The van der Waals surface area contributed by atoms with Crippen molar-refractivity contribution in [2.45, 2.75) is 18.9 Å². The summed E-state index contributed by atoms with van der Waals surface area (Å²) in [6, 6.07) is 14.1. The standard InChI is InChI=1S/C24H22ClN5O5/c25-19-15-18(30(33)34)7-8-20(19)28-22(31)21(16-5-2-1-3-6-16)35-23(32)17-9-13-29(14-10-17)24-26-11-4-12-27-24/h1-8,11-12,15,17,21H,9-10,13-14H2,(H,28,31). The highest BCUT2D eigenvalue weighted by Crippen LogP contribution is 2.30. The van der Waals surface area contributed by atoms with Crippen molar-refractivity contribution in [1.29, 1.82) is 0 Å². The third-order valence-corrected chi connectivity index (χ3v) is 5.97. The van der Waals surface area contributed by atoms with Gasteiger partial charge in [0.15, 0.2) is 0 Å². The van der Waals surface area contributed by atoms with Gasteiger partial charge in [0.05, 0.1) is 21.6 Å². The molecule has 3 aromatic rings. The van der Waals surface area contributed by atoms with E-state index in [-0.39, 0.29) is 22.3 Å². The van der Waals surface area contributed by atoms with Crippen LogP contribution in [-0.2, 0) is 14.3 Å². The number of benzene rings is 2. The lowest BCUT2D eigenvalue weighted by Gasteiger charge is -2.31. The van der Waals surface area contributed by atoms with Crippen LogP contribution < -0.4 is 10.2 Å². The lowest BCUT2D eigenvalue weighted by Crippen LogP contribution is -2.38. The van der Waals surface area contributed by atoms with Crippen LogP contribution in [0, 0.1) is 16.0 Å². The number of ether oxygens (including phenoxy) is 1. The van der Waals surface area contributed by atoms with Gasteiger partial charge in [-0.05, 0) is 25.0 Å². The maximum Gasteiger partial charge on any atom is 0.310 e. The Bertz CT molecular complexity index is 1200. The van der Waals surface area contributed by atoms with Gasteiger partial charge in [0, 0.05) is 43.2 Å². The van der Waals surface area contributed by atoms with Gasteiger partial charge < -0.3 is 15.0 Å². The van der Waals surface area contributed by atoms with Crippen LogP contribution >= 0.6 is 11.6 Å². The van der Waals surface area contributed by atoms with Gasteiger partial charge in [0.2, 0.25) is 12.1 Å². The molecule has 0 radical (unpaired) electrons. The van der Waals surface area contributed by atoms with E-state index in [4.69, 9.17) is 16.3 Å². The largest absolute Gasteiger partial charge is 0.447 e. The summed E-state index contributed by atoms with van der Waals surface area (Å²) in [6.07, 6.45) is 3.19. The monoisotopic (exact) mass is 495 g/mol. The van der Waals surface area contributed by atoms with Gasteiger partial charge in [-0.2, -0.15) is 0 Å². The summed E-state index contributed by atoms with van der Waals surface area (Å²) in [5.41, 5.74) is 0.466. The van der Waals surface area contributed by atoms with Crippen LogP contribution in [0.25, 0.3) is 0 Å². The van der Waals surface area contributed by atoms with Gasteiger partial charge in [-0.3, -0.25) is 19.7 Å². The van der Waals surface area contributed by atoms with Crippen LogP contribution in [0.2, 0.25) is 5.02 Å². The second kappa shape index (κ2) is 10.9. The molecule has 1 fully saturated rings. The summed E-state index contributed by atoms with van der Waals surface area (Å²) in [5.74, 6) is -0.856. The summed E-state index contributed by atoms with van der Waals surface area (Å²) < 4.78 is 5.70. The summed E-state index contributed by atoms with van der Waals surface area (Å²) >= 11 is 6.12. The van der Waals surface area contributed by atoms with Crippen LogP contribution in [0.3, 0.4) is 0 Å². The van der Waals surface area contributed by atoms with E-state index in [1.165, 1.54) is 12.1 Å². The number of nitro groups is 1. The number of hydrogen-bond donors (Lipinski definition) is 1. The normalized spacial score (nSPS) is 14.7. The molecule has 1 saturated heterocycles. The van der Waals surface area contributed by atoms with Gasteiger partial charge in [0.1, 0.15) is 0 Å². The van der Waals surface area contributed by atoms with E-state index in [9.17, 15) is 19.7 Å². The zero-order chi connectivity index (χ0) is 24.8. The number of hydrogen-bond acceptors (Lipinski definition) is 8. The number of halogens is 1. The van der Waals surface area contributed by atoms with E-state index < -0.39 is 22.9 Å². The lowest BCUT2D eigenvalue weighted by molar-refractivity contribution is -0.384. The fraction of sp³-hybridized carbons (Fsp3) is 0.250. The fourth-order valence-electron chi connectivity index (χ4n) is 3.80. The minimum absolute atomic E-state index is 0.00110. The molecule has 4 rings (SSSR count). The van der Waals surface area contributed by atoms with Crippen molar-refractivity contribution in [3.8, 4) is 0 Å². The molecule has 0 bridgehead atoms. The van der Waals surface area contributed by atoms with E-state index in [0.717, 1.165) is 6.07 Å². The third-order valence-electron chi connectivity index (χ3n) is 5.66. The maximum atomic E-state index is 13.1. The molecule has 35 heavy (non-hydrogen) atoms. The number of nitro benzene ring substituents is 1. The molecule has 1 aliphatic heterocycles. The van der Waals surface area contributed by atoms with Gasteiger partial charge in [-0.25, -0.2) is 9.97 Å². The van der Waals surface area contributed by atoms with E-state index in [1.807, 2.05) is 4.90 Å². The van der Waals surface area contributed by atoms with Gasteiger partial charge in [0.25, 0.3) is 11.6 Å². The number of rotatable bonds is 7. The summed E-state index contributed by atoms with van der Waals surface area (Å²) in [5, 5.41) is 13.6. The third kappa shape index (κ3) is 5.90. The molecule has 1 amide bonds. The molecule has 0 spiro atoms. The summed E-state index contributed by atoms with van der Waals surface area (Å²) in [4.78, 5) is 47.0. The molecule has 0 saturated carbocycles. The topological polar surface area (TPSA) is 128 Å². The van der Waals surface area contributed by atoms with Crippen molar-refractivity contribution >= 4 is 40.8 Å². The maximum absolute atomic E-state index is 13.1. The number of non-ortho nitro benzene ring substituents is 1. The van der Waals surface area contributed by atoms with Crippen molar-refractivity contribution in [1.82, 2.24) is 9.97 Å². The van der Waals surface area contributed by atoms with Crippen molar-refractivity contribution in [2.24, 2.45) is 5.92 Å². The number of anilines is 2. The quantitative estimate of drug-likeness (QED) is 0.294. The van der Waals surface area contributed by atoms with Crippen molar-refractivity contribution in [3.05, 3.63) is 87.7 Å². The number of nitrogens with one attached hydrogen (secondary N) is 1. The molecule has 1 aromatic heterocycles. The molecule has 1 aliphatic rings. The van der Waals surface area contributed by atoms with Crippen molar-refractivity contribution in [2.75, 3.05) is 23.3 Å². The highest BCUT2D eigenvalue weighted by molar-refractivity contribution is 6.34. The second-order valence-corrected chi connectivity index (χ2v) is 8.36. The van der Waals surface area contributed by atoms with Crippen LogP contribution in [-0.4, -0.2) is 39.9 Å².